The predicted octanol–water partition coefficient (Wildman–Crippen LogP) is 9.77. The fourth-order valence-electron chi connectivity index (χ4n) is 6.11. The molecular formula is C33H36. The summed E-state index contributed by atoms with van der Waals surface area (Å²) >= 11 is 0. The SMILES string of the molecule is Cc1cc(C)c(-c2cc3cccc4ccc5c(C(C)(C)C)c(C(C)(C)C)cc2c5c43)c(C)c1. The molecule has 33 heavy (non-hydrogen) atoms. The minimum atomic E-state index is 0.0563. The quantitative estimate of drug-likeness (QED) is 0.231. The van der Waals surface area contributed by atoms with Gasteiger partial charge in [0.05, 0.1) is 0 Å². The van der Waals surface area contributed by atoms with Gasteiger partial charge in [-0.15, -0.1) is 0 Å². The predicted molar refractivity (Wildman–Crippen MR) is 147 cm³/mol. The van der Waals surface area contributed by atoms with Crippen LogP contribution in [0.15, 0.2) is 54.6 Å². The Morgan fingerprint density at radius 3 is 1.82 bits per heavy atom. The highest BCUT2D eigenvalue weighted by molar-refractivity contribution is 6.27. The Labute approximate surface area is 199 Å². The molecule has 0 aliphatic heterocycles. The lowest BCUT2D eigenvalue weighted by atomic mass is 9.71. The van der Waals surface area contributed by atoms with Crippen molar-refractivity contribution >= 4 is 32.3 Å². The monoisotopic (exact) mass is 432 g/mol. The van der Waals surface area contributed by atoms with Gasteiger partial charge in [-0.3, -0.25) is 0 Å². The van der Waals surface area contributed by atoms with Gasteiger partial charge in [0.2, 0.25) is 0 Å². The number of benzene rings is 5. The molecule has 0 aliphatic carbocycles. The first-order valence-corrected chi connectivity index (χ1v) is 12.2. The Kier molecular flexibility index (Phi) is 4.70. The van der Waals surface area contributed by atoms with E-state index in [9.17, 15) is 0 Å². The highest BCUT2D eigenvalue weighted by Gasteiger charge is 2.29. The summed E-state index contributed by atoms with van der Waals surface area (Å²) in [5.74, 6) is 0. The van der Waals surface area contributed by atoms with Crippen molar-refractivity contribution in [3.05, 3.63) is 82.4 Å². The molecule has 168 valence electrons. The van der Waals surface area contributed by atoms with E-state index >= 15 is 0 Å². The highest BCUT2D eigenvalue weighted by Crippen LogP contribution is 2.48. The molecule has 5 aromatic rings. The zero-order chi connectivity index (χ0) is 23.9. The first-order valence-electron chi connectivity index (χ1n) is 12.2. The van der Waals surface area contributed by atoms with Gasteiger partial charge in [0, 0.05) is 0 Å². The molecule has 0 N–H and O–H groups in total. The zero-order valence-corrected chi connectivity index (χ0v) is 21.7. The lowest BCUT2D eigenvalue weighted by Gasteiger charge is -2.33. The minimum absolute atomic E-state index is 0.0563. The molecule has 0 nitrogen and oxygen atoms in total. The lowest BCUT2D eigenvalue weighted by Crippen LogP contribution is -2.22. The fraction of sp³-hybridized carbons (Fsp3) is 0.333. The third-order valence-electron chi connectivity index (χ3n) is 7.27. The van der Waals surface area contributed by atoms with Crippen molar-refractivity contribution < 1.29 is 0 Å². The van der Waals surface area contributed by atoms with E-state index in [-0.39, 0.29) is 10.8 Å². The van der Waals surface area contributed by atoms with E-state index in [0.717, 1.165) is 0 Å². The van der Waals surface area contributed by atoms with Crippen molar-refractivity contribution in [1.29, 1.82) is 0 Å². The Balaban J connectivity index is 2.10. The van der Waals surface area contributed by atoms with Crippen LogP contribution in [-0.2, 0) is 10.8 Å². The number of aryl methyl sites for hydroxylation is 3. The summed E-state index contributed by atoms with van der Waals surface area (Å²) in [7, 11) is 0. The van der Waals surface area contributed by atoms with Crippen molar-refractivity contribution in [1.82, 2.24) is 0 Å². The lowest BCUT2D eigenvalue weighted by molar-refractivity contribution is 0.535. The van der Waals surface area contributed by atoms with Gasteiger partial charge < -0.3 is 0 Å². The first kappa shape index (κ1) is 22.0. The molecule has 0 saturated heterocycles. The van der Waals surface area contributed by atoms with Crippen molar-refractivity contribution in [2.24, 2.45) is 0 Å². The average Bonchev–Trinajstić information content (AvgIpc) is 2.69. The molecule has 0 atom stereocenters. The van der Waals surface area contributed by atoms with Gasteiger partial charge in [-0.1, -0.05) is 89.6 Å². The van der Waals surface area contributed by atoms with Gasteiger partial charge in [-0.25, -0.2) is 0 Å². The van der Waals surface area contributed by atoms with Crippen LogP contribution in [0.4, 0.5) is 0 Å². The molecule has 0 unspecified atom stereocenters. The second-order valence-electron chi connectivity index (χ2n) is 12.1. The molecule has 0 saturated carbocycles. The van der Waals surface area contributed by atoms with Gasteiger partial charge in [-0.2, -0.15) is 0 Å². The summed E-state index contributed by atoms with van der Waals surface area (Å²) in [6.45, 7) is 20.9. The molecule has 0 amide bonds. The van der Waals surface area contributed by atoms with Gasteiger partial charge in [-0.05, 0) is 109 Å². The largest absolute Gasteiger partial charge is 0.0610 e. The van der Waals surface area contributed by atoms with E-state index in [1.807, 2.05) is 0 Å². The van der Waals surface area contributed by atoms with E-state index in [1.165, 1.54) is 71.3 Å². The van der Waals surface area contributed by atoms with Crippen LogP contribution in [0, 0.1) is 20.8 Å². The summed E-state index contributed by atoms with van der Waals surface area (Å²) in [5.41, 5.74) is 9.86. The van der Waals surface area contributed by atoms with E-state index in [4.69, 9.17) is 0 Å². The molecule has 5 rings (SSSR count). The molecule has 0 spiro atoms. The molecule has 0 aromatic heterocycles. The molecule has 0 heterocycles. The summed E-state index contributed by atoms with van der Waals surface area (Å²) in [6, 6.07) is 21.1. The summed E-state index contributed by atoms with van der Waals surface area (Å²) in [4.78, 5) is 0. The van der Waals surface area contributed by atoms with Crippen LogP contribution in [0.2, 0.25) is 0 Å². The maximum atomic E-state index is 2.53. The van der Waals surface area contributed by atoms with Crippen molar-refractivity contribution in [2.45, 2.75) is 73.1 Å². The normalized spacial score (nSPS) is 13.0. The van der Waals surface area contributed by atoms with E-state index in [0.29, 0.717) is 0 Å². The summed E-state index contributed by atoms with van der Waals surface area (Å²) in [5, 5.41) is 8.31. The number of rotatable bonds is 1. The Hall–Kier alpha value is -2.86. The second kappa shape index (κ2) is 7.07. The summed E-state index contributed by atoms with van der Waals surface area (Å²) in [6.07, 6.45) is 0. The molecule has 0 aliphatic rings. The fourth-order valence-corrected chi connectivity index (χ4v) is 6.11. The van der Waals surface area contributed by atoms with Crippen molar-refractivity contribution in [3.63, 3.8) is 0 Å². The molecule has 5 aromatic carbocycles. The third kappa shape index (κ3) is 3.34. The Morgan fingerprint density at radius 1 is 0.576 bits per heavy atom. The van der Waals surface area contributed by atoms with E-state index < -0.39 is 0 Å². The van der Waals surface area contributed by atoms with E-state index in [1.54, 1.807) is 0 Å². The Morgan fingerprint density at radius 2 is 1.21 bits per heavy atom. The van der Waals surface area contributed by atoms with E-state index in [2.05, 4.69) is 117 Å². The van der Waals surface area contributed by atoms with Crippen molar-refractivity contribution in [3.8, 4) is 11.1 Å². The van der Waals surface area contributed by atoms with Crippen LogP contribution in [0.25, 0.3) is 43.4 Å². The van der Waals surface area contributed by atoms with Gasteiger partial charge in [0.25, 0.3) is 0 Å². The van der Waals surface area contributed by atoms with Crippen LogP contribution < -0.4 is 0 Å². The zero-order valence-electron chi connectivity index (χ0n) is 21.7. The molecule has 0 heteroatoms. The van der Waals surface area contributed by atoms with Crippen LogP contribution >= 0.6 is 0 Å². The molecule has 0 radical (unpaired) electrons. The first-order chi connectivity index (χ1) is 15.4. The molecular weight excluding hydrogens is 396 g/mol. The highest BCUT2D eigenvalue weighted by atomic mass is 14.3. The van der Waals surface area contributed by atoms with Crippen LogP contribution in [0.3, 0.4) is 0 Å². The van der Waals surface area contributed by atoms with Crippen LogP contribution in [0.1, 0.15) is 69.4 Å². The maximum absolute atomic E-state index is 2.53. The number of hydrogen-bond donors (Lipinski definition) is 0. The topological polar surface area (TPSA) is 0 Å². The van der Waals surface area contributed by atoms with Crippen molar-refractivity contribution in [2.75, 3.05) is 0 Å². The smallest absolute Gasteiger partial charge is 0.00174 e. The van der Waals surface area contributed by atoms with Crippen LogP contribution in [0.5, 0.6) is 0 Å². The average molecular weight is 433 g/mol. The Bertz CT molecular complexity index is 1510. The minimum Gasteiger partial charge on any atom is -0.0610 e. The standard InChI is InChI=1S/C33H36/c1-19-15-20(2)28(21(3)16-19)25-17-23-12-10-11-22-13-14-24-30(29(22)23)26(25)18-27(32(4,5)6)31(24)33(7,8)9/h10-18H,1-9H3. The molecule has 0 fully saturated rings. The van der Waals surface area contributed by atoms with Gasteiger partial charge in [0.15, 0.2) is 0 Å². The molecule has 0 bridgehead atoms. The van der Waals surface area contributed by atoms with Crippen LogP contribution in [-0.4, -0.2) is 0 Å². The van der Waals surface area contributed by atoms with Gasteiger partial charge in [0.1, 0.15) is 0 Å². The number of hydrogen-bond acceptors (Lipinski definition) is 0. The maximum Gasteiger partial charge on any atom is -0.00174 e. The summed E-state index contributed by atoms with van der Waals surface area (Å²) < 4.78 is 0. The second-order valence-corrected chi connectivity index (χ2v) is 12.1. The third-order valence-corrected chi connectivity index (χ3v) is 7.27. The van der Waals surface area contributed by atoms with Gasteiger partial charge >= 0.3 is 0 Å².